The van der Waals surface area contributed by atoms with Gasteiger partial charge in [-0.25, -0.2) is 9.18 Å². The molecule has 6 nitrogen and oxygen atoms in total. The van der Waals surface area contributed by atoms with Crippen molar-refractivity contribution < 1.29 is 23.5 Å². The van der Waals surface area contributed by atoms with E-state index in [4.69, 9.17) is 10.5 Å². The number of esters is 1. The summed E-state index contributed by atoms with van der Waals surface area (Å²) in [5, 5.41) is 2.55. The maximum absolute atomic E-state index is 12.8. The van der Waals surface area contributed by atoms with E-state index in [2.05, 4.69) is 10.1 Å². The highest BCUT2D eigenvalue weighted by Gasteiger charge is 2.23. The molecule has 0 saturated carbocycles. The number of hydrogen-bond acceptors (Lipinski definition) is 5. The second-order valence-corrected chi connectivity index (χ2v) is 4.72. The quantitative estimate of drug-likeness (QED) is 0.693. The first-order chi connectivity index (χ1) is 10.5. The number of halogens is 2. The van der Waals surface area contributed by atoms with Crippen LogP contribution >= 0.6 is 12.4 Å². The lowest BCUT2D eigenvalue weighted by atomic mass is 10.1. The van der Waals surface area contributed by atoms with Gasteiger partial charge in [0.05, 0.1) is 19.7 Å². The summed E-state index contributed by atoms with van der Waals surface area (Å²) in [5.41, 5.74) is 5.68. The van der Waals surface area contributed by atoms with Gasteiger partial charge in [0.2, 0.25) is 12.0 Å². The number of amides is 1. The van der Waals surface area contributed by atoms with E-state index in [0.29, 0.717) is 12.2 Å². The SMILES string of the molecule is CCCC(N)C(=O)NCC(Oc1ccc(F)cc1)C(=O)OC.Cl. The molecule has 23 heavy (non-hydrogen) atoms. The van der Waals surface area contributed by atoms with Crippen LogP contribution in [-0.2, 0) is 14.3 Å². The zero-order valence-electron chi connectivity index (χ0n) is 13.1. The highest BCUT2D eigenvalue weighted by Crippen LogP contribution is 2.13. The Bertz CT molecular complexity index is 499. The standard InChI is InChI=1S/C15H21FN2O4.ClH/c1-3-4-12(17)14(19)18-9-13(15(20)21-2)22-11-7-5-10(16)6-8-11;/h5-8,12-13H,3-4,9,17H2,1-2H3,(H,18,19);1H. The average Bonchev–Trinajstić information content (AvgIpc) is 2.52. The Kier molecular flexibility index (Phi) is 9.92. The molecule has 130 valence electrons. The van der Waals surface area contributed by atoms with Crippen LogP contribution in [0.15, 0.2) is 24.3 Å². The molecule has 0 aliphatic rings. The third kappa shape index (κ3) is 7.30. The molecule has 0 spiro atoms. The van der Waals surface area contributed by atoms with E-state index in [1.54, 1.807) is 0 Å². The van der Waals surface area contributed by atoms with Crippen molar-refractivity contribution in [2.24, 2.45) is 5.73 Å². The molecule has 0 aliphatic heterocycles. The van der Waals surface area contributed by atoms with Gasteiger partial charge in [0, 0.05) is 0 Å². The molecule has 0 aromatic heterocycles. The predicted molar refractivity (Wildman–Crippen MR) is 86.0 cm³/mol. The van der Waals surface area contributed by atoms with E-state index in [1.807, 2.05) is 6.92 Å². The van der Waals surface area contributed by atoms with Crippen molar-refractivity contribution in [2.75, 3.05) is 13.7 Å². The molecule has 0 aliphatic carbocycles. The van der Waals surface area contributed by atoms with Crippen LogP contribution in [0.4, 0.5) is 4.39 Å². The summed E-state index contributed by atoms with van der Waals surface area (Å²) in [6.45, 7) is 1.84. The van der Waals surface area contributed by atoms with Gasteiger partial charge in [0.25, 0.3) is 0 Å². The van der Waals surface area contributed by atoms with E-state index in [9.17, 15) is 14.0 Å². The molecule has 1 aromatic carbocycles. The number of hydrogen-bond donors (Lipinski definition) is 2. The first-order valence-electron chi connectivity index (χ1n) is 7.01. The predicted octanol–water partition coefficient (Wildman–Crippen LogP) is 1.41. The minimum absolute atomic E-state index is 0. The van der Waals surface area contributed by atoms with Gasteiger partial charge < -0.3 is 20.5 Å². The van der Waals surface area contributed by atoms with E-state index >= 15 is 0 Å². The number of nitrogens with one attached hydrogen (secondary N) is 1. The summed E-state index contributed by atoms with van der Waals surface area (Å²) in [4.78, 5) is 23.4. The van der Waals surface area contributed by atoms with Gasteiger partial charge >= 0.3 is 5.97 Å². The van der Waals surface area contributed by atoms with E-state index in [0.717, 1.165) is 6.42 Å². The first kappa shape index (κ1) is 21.1. The number of benzene rings is 1. The largest absolute Gasteiger partial charge is 0.477 e. The van der Waals surface area contributed by atoms with Gasteiger partial charge in [-0.15, -0.1) is 12.4 Å². The first-order valence-corrected chi connectivity index (χ1v) is 7.01. The molecule has 0 heterocycles. The molecular weight excluding hydrogens is 327 g/mol. The van der Waals surface area contributed by atoms with Crippen LogP contribution < -0.4 is 15.8 Å². The molecule has 1 amide bonds. The summed E-state index contributed by atoms with van der Waals surface area (Å²) < 4.78 is 22.9. The summed E-state index contributed by atoms with van der Waals surface area (Å²) in [6.07, 6.45) is 0.294. The number of carbonyl (C=O) groups excluding carboxylic acids is 2. The number of ether oxygens (including phenoxy) is 2. The highest BCUT2D eigenvalue weighted by atomic mass is 35.5. The summed E-state index contributed by atoms with van der Waals surface area (Å²) in [5.74, 6) is -1.13. The number of nitrogens with two attached hydrogens (primary N) is 1. The fourth-order valence-corrected chi connectivity index (χ4v) is 1.75. The van der Waals surface area contributed by atoms with Crippen LogP contribution in [0.3, 0.4) is 0 Å². The topological polar surface area (TPSA) is 90.7 Å². The van der Waals surface area contributed by atoms with Crippen molar-refractivity contribution in [3.63, 3.8) is 0 Å². The zero-order valence-corrected chi connectivity index (χ0v) is 13.9. The van der Waals surface area contributed by atoms with E-state index in [-0.39, 0.29) is 24.9 Å². The summed E-state index contributed by atoms with van der Waals surface area (Å²) >= 11 is 0. The molecule has 0 radical (unpaired) electrons. The number of rotatable bonds is 8. The maximum Gasteiger partial charge on any atom is 0.348 e. The Morgan fingerprint density at radius 3 is 2.43 bits per heavy atom. The van der Waals surface area contributed by atoms with Gasteiger partial charge in [-0.05, 0) is 30.7 Å². The number of methoxy groups -OCH3 is 1. The molecule has 2 atom stereocenters. The lowest BCUT2D eigenvalue weighted by molar-refractivity contribution is -0.148. The van der Waals surface area contributed by atoms with Gasteiger partial charge in [-0.2, -0.15) is 0 Å². The van der Waals surface area contributed by atoms with Gasteiger partial charge in [0.1, 0.15) is 11.6 Å². The van der Waals surface area contributed by atoms with Crippen molar-refractivity contribution >= 4 is 24.3 Å². The van der Waals surface area contributed by atoms with Crippen molar-refractivity contribution in [3.05, 3.63) is 30.1 Å². The molecule has 0 fully saturated rings. The molecule has 1 aromatic rings. The smallest absolute Gasteiger partial charge is 0.348 e. The third-order valence-electron chi connectivity index (χ3n) is 2.95. The van der Waals surface area contributed by atoms with Crippen LogP contribution in [-0.4, -0.2) is 37.7 Å². The summed E-state index contributed by atoms with van der Waals surface area (Å²) in [7, 11) is 1.22. The highest BCUT2D eigenvalue weighted by molar-refractivity contribution is 5.85. The van der Waals surface area contributed by atoms with Crippen LogP contribution in [0, 0.1) is 5.82 Å². The fourth-order valence-electron chi connectivity index (χ4n) is 1.75. The minimum Gasteiger partial charge on any atom is -0.477 e. The zero-order chi connectivity index (χ0) is 16.5. The van der Waals surface area contributed by atoms with Crippen LogP contribution in [0.1, 0.15) is 19.8 Å². The molecule has 1 rings (SSSR count). The van der Waals surface area contributed by atoms with Crippen LogP contribution in [0.5, 0.6) is 5.75 Å². The van der Waals surface area contributed by atoms with Crippen molar-refractivity contribution in [1.82, 2.24) is 5.32 Å². The molecule has 8 heteroatoms. The molecule has 0 saturated heterocycles. The lowest BCUT2D eigenvalue weighted by Crippen LogP contribution is -2.46. The average molecular weight is 349 g/mol. The Morgan fingerprint density at radius 1 is 1.30 bits per heavy atom. The van der Waals surface area contributed by atoms with Crippen molar-refractivity contribution in [2.45, 2.75) is 31.9 Å². The van der Waals surface area contributed by atoms with Gasteiger partial charge in [-0.3, -0.25) is 4.79 Å². The van der Waals surface area contributed by atoms with Crippen molar-refractivity contribution in [3.8, 4) is 5.75 Å². The fraction of sp³-hybridized carbons (Fsp3) is 0.467. The molecule has 2 unspecified atom stereocenters. The second-order valence-electron chi connectivity index (χ2n) is 4.72. The Balaban J connectivity index is 0.00000484. The minimum atomic E-state index is -1.03. The van der Waals surface area contributed by atoms with E-state index < -0.39 is 23.9 Å². The number of carbonyl (C=O) groups is 2. The van der Waals surface area contributed by atoms with Crippen molar-refractivity contribution in [1.29, 1.82) is 0 Å². The Labute approximate surface area is 140 Å². The molecule has 3 N–H and O–H groups in total. The van der Waals surface area contributed by atoms with Crippen LogP contribution in [0.25, 0.3) is 0 Å². The lowest BCUT2D eigenvalue weighted by Gasteiger charge is -2.18. The van der Waals surface area contributed by atoms with Gasteiger partial charge in [0.15, 0.2) is 0 Å². The van der Waals surface area contributed by atoms with Crippen LogP contribution in [0.2, 0.25) is 0 Å². The second kappa shape index (κ2) is 10.8. The maximum atomic E-state index is 12.8. The Morgan fingerprint density at radius 2 is 1.91 bits per heavy atom. The van der Waals surface area contributed by atoms with E-state index in [1.165, 1.54) is 31.4 Å². The third-order valence-corrected chi connectivity index (χ3v) is 2.95. The molecule has 0 bridgehead atoms. The van der Waals surface area contributed by atoms with Gasteiger partial charge in [-0.1, -0.05) is 13.3 Å². The molecular formula is C15H22ClFN2O4. The summed E-state index contributed by atoms with van der Waals surface area (Å²) in [6, 6.07) is 4.55. The Hall–Kier alpha value is -1.86. The monoisotopic (exact) mass is 348 g/mol. The normalized spacial score (nSPS) is 12.5.